The third kappa shape index (κ3) is 2.43. The largest absolute Gasteiger partial charge is 0.463 e. The normalized spacial score (nSPS) is 12.4. The Morgan fingerprint density at radius 2 is 2.21 bits per heavy atom. The zero-order valence-corrected chi connectivity index (χ0v) is 12.8. The molecule has 0 saturated carbocycles. The van der Waals surface area contributed by atoms with Crippen LogP contribution in [0.3, 0.4) is 0 Å². The minimum Gasteiger partial charge on any atom is -0.463 e. The van der Waals surface area contributed by atoms with Gasteiger partial charge in [0.2, 0.25) is 0 Å². The minimum atomic E-state index is -0.321. The lowest BCUT2D eigenvalue weighted by Gasteiger charge is -2.11. The summed E-state index contributed by atoms with van der Waals surface area (Å²) in [6, 6.07) is 10.5. The number of hydrogen-bond acceptors (Lipinski definition) is 5. The van der Waals surface area contributed by atoms with Crippen molar-refractivity contribution in [3.05, 3.63) is 60.4 Å². The first-order valence-corrected chi connectivity index (χ1v) is 7.42. The van der Waals surface area contributed by atoms with Gasteiger partial charge in [0.25, 0.3) is 5.91 Å². The highest BCUT2D eigenvalue weighted by Gasteiger charge is 2.19. The Balaban J connectivity index is 1.53. The second kappa shape index (κ2) is 5.65. The standard InChI is InChI=1S/C16H14N6O2/c1-10(15-21-20-14-6-2-3-7-22(14)15)17-16(23)12-9-11(18-19-12)13-5-4-8-24-13/h2-10H,1H3,(H,17,23)(H,18,19). The number of aromatic nitrogens is 5. The average molecular weight is 322 g/mol. The summed E-state index contributed by atoms with van der Waals surface area (Å²) >= 11 is 0. The van der Waals surface area contributed by atoms with Crippen LogP contribution in [0.15, 0.2) is 53.3 Å². The van der Waals surface area contributed by atoms with Crippen LogP contribution in [-0.4, -0.2) is 30.7 Å². The molecule has 4 aromatic rings. The highest BCUT2D eigenvalue weighted by Crippen LogP contribution is 2.18. The van der Waals surface area contributed by atoms with Gasteiger partial charge in [0.1, 0.15) is 5.69 Å². The van der Waals surface area contributed by atoms with Gasteiger partial charge >= 0.3 is 0 Å². The Morgan fingerprint density at radius 3 is 3.04 bits per heavy atom. The molecule has 120 valence electrons. The summed E-state index contributed by atoms with van der Waals surface area (Å²) in [5.74, 6) is 0.975. The lowest BCUT2D eigenvalue weighted by atomic mass is 10.2. The fraction of sp³-hybridized carbons (Fsp3) is 0.125. The third-order valence-electron chi connectivity index (χ3n) is 3.67. The maximum absolute atomic E-state index is 12.4. The van der Waals surface area contributed by atoms with E-state index < -0.39 is 0 Å². The molecule has 0 bridgehead atoms. The number of fused-ring (bicyclic) bond motifs is 1. The zero-order valence-electron chi connectivity index (χ0n) is 12.8. The van der Waals surface area contributed by atoms with Crippen molar-refractivity contribution in [2.45, 2.75) is 13.0 Å². The molecule has 0 aliphatic rings. The van der Waals surface area contributed by atoms with Crippen molar-refractivity contribution in [1.29, 1.82) is 0 Å². The van der Waals surface area contributed by atoms with Crippen LogP contribution >= 0.6 is 0 Å². The van der Waals surface area contributed by atoms with Gasteiger partial charge in [-0.1, -0.05) is 6.07 Å². The molecule has 1 atom stereocenters. The van der Waals surface area contributed by atoms with Gasteiger partial charge in [0.05, 0.1) is 12.3 Å². The molecular weight excluding hydrogens is 308 g/mol. The molecule has 0 aromatic carbocycles. The van der Waals surface area contributed by atoms with Gasteiger partial charge in [-0.05, 0) is 31.2 Å². The predicted octanol–water partition coefficient (Wildman–Crippen LogP) is 2.20. The number of rotatable bonds is 4. The number of aromatic amines is 1. The smallest absolute Gasteiger partial charge is 0.272 e. The second-order valence-electron chi connectivity index (χ2n) is 5.33. The molecular formula is C16H14N6O2. The molecule has 4 aromatic heterocycles. The Bertz CT molecular complexity index is 985. The van der Waals surface area contributed by atoms with Gasteiger partial charge in [-0.3, -0.25) is 14.3 Å². The molecule has 8 nitrogen and oxygen atoms in total. The highest BCUT2D eigenvalue weighted by atomic mass is 16.3. The molecule has 1 amide bonds. The topological polar surface area (TPSA) is 101 Å². The molecule has 2 N–H and O–H groups in total. The predicted molar refractivity (Wildman–Crippen MR) is 85.2 cm³/mol. The molecule has 0 radical (unpaired) electrons. The monoisotopic (exact) mass is 322 g/mol. The highest BCUT2D eigenvalue weighted by molar-refractivity contribution is 5.93. The number of pyridine rings is 1. The van der Waals surface area contributed by atoms with Crippen molar-refractivity contribution < 1.29 is 9.21 Å². The molecule has 0 fully saturated rings. The van der Waals surface area contributed by atoms with Crippen molar-refractivity contribution in [3.63, 3.8) is 0 Å². The number of furan rings is 1. The quantitative estimate of drug-likeness (QED) is 0.600. The van der Waals surface area contributed by atoms with E-state index in [9.17, 15) is 4.79 Å². The molecule has 0 aliphatic heterocycles. The van der Waals surface area contributed by atoms with Crippen LogP contribution in [0.5, 0.6) is 0 Å². The molecule has 0 aliphatic carbocycles. The fourth-order valence-corrected chi connectivity index (χ4v) is 2.49. The SMILES string of the molecule is CC(NC(=O)c1cc(-c2ccco2)[nH]n1)c1nnc2ccccn12. The first kappa shape index (κ1) is 14.2. The van der Waals surface area contributed by atoms with Crippen LogP contribution in [0.1, 0.15) is 29.3 Å². The van der Waals surface area contributed by atoms with Gasteiger partial charge in [-0.25, -0.2) is 0 Å². The second-order valence-corrected chi connectivity index (χ2v) is 5.33. The Kier molecular flexibility index (Phi) is 3.34. The van der Waals surface area contributed by atoms with Crippen molar-refractivity contribution in [3.8, 4) is 11.5 Å². The van der Waals surface area contributed by atoms with Crippen molar-refractivity contribution >= 4 is 11.6 Å². The lowest BCUT2D eigenvalue weighted by molar-refractivity contribution is 0.0933. The number of H-pyrrole nitrogens is 1. The third-order valence-corrected chi connectivity index (χ3v) is 3.67. The zero-order chi connectivity index (χ0) is 16.5. The molecule has 4 rings (SSSR count). The van der Waals surface area contributed by atoms with Gasteiger partial charge in [0.15, 0.2) is 22.9 Å². The summed E-state index contributed by atoms with van der Waals surface area (Å²) in [7, 11) is 0. The first-order chi connectivity index (χ1) is 11.7. The van der Waals surface area contributed by atoms with E-state index in [2.05, 4.69) is 25.7 Å². The van der Waals surface area contributed by atoms with E-state index in [0.29, 0.717) is 17.3 Å². The summed E-state index contributed by atoms with van der Waals surface area (Å²) in [4.78, 5) is 12.4. The van der Waals surface area contributed by atoms with Crippen LogP contribution in [-0.2, 0) is 0 Å². The molecule has 0 spiro atoms. The number of carbonyl (C=O) groups is 1. The number of carbonyl (C=O) groups excluding carboxylic acids is 1. The summed E-state index contributed by atoms with van der Waals surface area (Å²) < 4.78 is 7.11. The van der Waals surface area contributed by atoms with E-state index in [4.69, 9.17) is 4.42 Å². The van der Waals surface area contributed by atoms with Crippen molar-refractivity contribution in [2.24, 2.45) is 0 Å². The van der Waals surface area contributed by atoms with E-state index in [0.717, 1.165) is 5.65 Å². The van der Waals surface area contributed by atoms with E-state index in [-0.39, 0.29) is 17.6 Å². The molecule has 4 heterocycles. The number of amides is 1. The summed E-state index contributed by atoms with van der Waals surface area (Å²) in [6.07, 6.45) is 3.42. The average Bonchev–Trinajstić information content (AvgIpc) is 3.33. The van der Waals surface area contributed by atoms with Crippen LogP contribution < -0.4 is 5.32 Å². The van der Waals surface area contributed by atoms with Crippen molar-refractivity contribution in [1.82, 2.24) is 30.1 Å². The molecule has 8 heteroatoms. The lowest BCUT2D eigenvalue weighted by Crippen LogP contribution is -2.28. The fourth-order valence-electron chi connectivity index (χ4n) is 2.49. The van der Waals surface area contributed by atoms with E-state index in [1.807, 2.05) is 35.7 Å². The molecule has 24 heavy (non-hydrogen) atoms. The summed E-state index contributed by atoms with van der Waals surface area (Å²) in [6.45, 7) is 1.85. The van der Waals surface area contributed by atoms with Crippen LogP contribution in [0.2, 0.25) is 0 Å². The maximum atomic E-state index is 12.4. The maximum Gasteiger partial charge on any atom is 0.272 e. The minimum absolute atomic E-state index is 0.280. The van der Waals surface area contributed by atoms with Crippen LogP contribution in [0, 0.1) is 0 Å². The van der Waals surface area contributed by atoms with Gasteiger partial charge < -0.3 is 9.73 Å². The van der Waals surface area contributed by atoms with Gasteiger partial charge in [0, 0.05) is 12.3 Å². The Morgan fingerprint density at radius 1 is 1.29 bits per heavy atom. The molecule has 1 unspecified atom stereocenters. The van der Waals surface area contributed by atoms with E-state index in [1.54, 1.807) is 24.5 Å². The van der Waals surface area contributed by atoms with Gasteiger partial charge in [-0.2, -0.15) is 5.10 Å². The van der Waals surface area contributed by atoms with Crippen molar-refractivity contribution in [2.75, 3.05) is 0 Å². The summed E-state index contributed by atoms with van der Waals surface area (Å²) in [5.41, 5.74) is 1.65. The Hall–Kier alpha value is -3.42. The van der Waals surface area contributed by atoms with Crippen LogP contribution in [0.4, 0.5) is 0 Å². The Labute approximate surface area is 136 Å². The first-order valence-electron chi connectivity index (χ1n) is 7.42. The van der Waals surface area contributed by atoms with E-state index in [1.165, 1.54) is 0 Å². The number of nitrogens with one attached hydrogen (secondary N) is 2. The number of nitrogens with zero attached hydrogens (tertiary/aromatic N) is 4. The van der Waals surface area contributed by atoms with Crippen LogP contribution in [0.25, 0.3) is 17.1 Å². The summed E-state index contributed by atoms with van der Waals surface area (Å²) in [5, 5.41) is 17.9. The van der Waals surface area contributed by atoms with Gasteiger partial charge in [-0.15, -0.1) is 10.2 Å². The van der Waals surface area contributed by atoms with E-state index >= 15 is 0 Å². The number of hydrogen-bond donors (Lipinski definition) is 2. The molecule has 0 saturated heterocycles.